The van der Waals surface area contributed by atoms with Gasteiger partial charge in [0.05, 0.1) is 0 Å². The minimum absolute atomic E-state index is 0.875. The summed E-state index contributed by atoms with van der Waals surface area (Å²) in [5.41, 5.74) is 2.33. The molecule has 0 amide bonds. The Bertz CT molecular complexity index is 480. The molecule has 3 nitrogen and oxygen atoms in total. The maximum Gasteiger partial charge on any atom is 0.131 e. The second kappa shape index (κ2) is 5.43. The quantitative estimate of drug-likeness (QED) is 0.872. The molecular weight excluding hydrogens is 210 g/mol. The summed E-state index contributed by atoms with van der Waals surface area (Å²) in [6.45, 7) is 1.99. The molecule has 0 fully saturated rings. The van der Waals surface area contributed by atoms with Gasteiger partial charge in [-0.15, -0.1) is 0 Å². The summed E-state index contributed by atoms with van der Waals surface area (Å²) in [5, 5.41) is 3.06. The third-order valence-corrected chi connectivity index (χ3v) is 2.64. The van der Waals surface area contributed by atoms with Crippen molar-refractivity contribution in [1.29, 1.82) is 0 Å². The van der Waals surface area contributed by atoms with Crippen molar-refractivity contribution >= 4 is 5.82 Å². The number of hydrogen-bond donors (Lipinski definition) is 1. The van der Waals surface area contributed by atoms with Crippen LogP contribution in [-0.2, 0) is 12.8 Å². The number of benzene rings is 1. The van der Waals surface area contributed by atoms with Crippen molar-refractivity contribution in [2.45, 2.75) is 19.8 Å². The molecule has 0 saturated carbocycles. The number of nitrogens with zero attached hydrogens (tertiary/aromatic N) is 2. The number of hydrogen-bond acceptors (Lipinski definition) is 3. The van der Waals surface area contributed by atoms with E-state index in [4.69, 9.17) is 0 Å². The minimum Gasteiger partial charge on any atom is -0.373 e. The van der Waals surface area contributed by atoms with Crippen molar-refractivity contribution in [3.05, 3.63) is 53.5 Å². The lowest BCUT2D eigenvalue weighted by atomic mass is 10.1. The van der Waals surface area contributed by atoms with Crippen LogP contribution in [0.4, 0.5) is 5.82 Å². The van der Waals surface area contributed by atoms with Crippen molar-refractivity contribution in [3.8, 4) is 0 Å². The van der Waals surface area contributed by atoms with Gasteiger partial charge in [-0.25, -0.2) is 9.97 Å². The van der Waals surface area contributed by atoms with Crippen LogP contribution in [0.2, 0.25) is 0 Å². The first-order valence-electron chi connectivity index (χ1n) is 5.84. The first kappa shape index (κ1) is 11.6. The monoisotopic (exact) mass is 227 g/mol. The zero-order valence-electron chi connectivity index (χ0n) is 10.3. The van der Waals surface area contributed by atoms with Gasteiger partial charge >= 0.3 is 0 Å². The smallest absolute Gasteiger partial charge is 0.131 e. The van der Waals surface area contributed by atoms with Crippen LogP contribution in [0.15, 0.2) is 36.4 Å². The average Bonchev–Trinajstić information content (AvgIpc) is 2.37. The maximum atomic E-state index is 4.45. The van der Waals surface area contributed by atoms with Crippen molar-refractivity contribution in [1.82, 2.24) is 9.97 Å². The molecule has 0 saturated heterocycles. The van der Waals surface area contributed by atoms with Gasteiger partial charge in [-0.3, -0.25) is 0 Å². The van der Waals surface area contributed by atoms with E-state index in [0.29, 0.717) is 0 Å². The number of aryl methyl sites for hydroxylation is 3. The van der Waals surface area contributed by atoms with Crippen molar-refractivity contribution in [2.24, 2.45) is 0 Å². The highest BCUT2D eigenvalue weighted by atomic mass is 15.0. The van der Waals surface area contributed by atoms with Gasteiger partial charge in [-0.1, -0.05) is 30.3 Å². The first-order chi connectivity index (χ1) is 8.28. The lowest BCUT2D eigenvalue weighted by Gasteiger charge is -2.05. The molecule has 2 rings (SSSR count). The molecule has 17 heavy (non-hydrogen) atoms. The Balaban J connectivity index is 2.06. The third-order valence-electron chi connectivity index (χ3n) is 2.64. The van der Waals surface area contributed by atoms with Crippen LogP contribution in [0, 0.1) is 6.92 Å². The summed E-state index contributed by atoms with van der Waals surface area (Å²) >= 11 is 0. The second-order valence-electron chi connectivity index (χ2n) is 4.05. The van der Waals surface area contributed by atoms with Gasteiger partial charge in [-0.2, -0.15) is 0 Å². The van der Waals surface area contributed by atoms with Crippen molar-refractivity contribution in [2.75, 3.05) is 12.4 Å². The highest BCUT2D eigenvalue weighted by Gasteiger charge is 2.01. The fourth-order valence-corrected chi connectivity index (χ4v) is 1.77. The van der Waals surface area contributed by atoms with E-state index in [1.807, 2.05) is 26.1 Å². The molecule has 88 valence electrons. The van der Waals surface area contributed by atoms with Crippen LogP contribution < -0.4 is 5.32 Å². The molecule has 0 spiro atoms. The Morgan fingerprint density at radius 2 is 1.82 bits per heavy atom. The van der Waals surface area contributed by atoms with E-state index in [0.717, 1.165) is 30.2 Å². The summed E-state index contributed by atoms with van der Waals surface area (Å²) in [4.78, 5) is 8.89. The first-order valence-corrected chi connectivity index (χ1v) is 5.84. The van der Waals surface area contributed by atoms with Crippen LogP contribution in [0.5, 0.6) is 0 Å². The normalized spacial score (nSPS) is 10.2. The Kier molecular flexibility index (Phi) is 3.70. The van der Waals surface area contributed by atoms with Crippen LogP contribution in [0.1, 0.15) is 17.1 Å². The predicted molar refractivity (Wildman–Crippen MR) is 70.2 cm³/mol. The maximum absolute atomic E-state index is 4.45. The summed E-state index contributed by atoms with van der Waals surface area (Å²) in [7, 11) is 1.88. The average molecular weight is 227 g/mol. The van der Waals surface area contributed by atoms with E-state index in [9.17, 15) is 0 Å². The van der Waals surface area contributed by atoms with Crippen molar-refractivity contribution in [3.63, 3.8) is 0 Å². The van der Waals surface area contributed by atoms with Gasteiger partial charge in [0.1, 0.15) is 11.6 Å². The molecule has 2 aromatic rings. The Hall–Kier alpha value is -1.90. The molecule has 0 aliphatic rings. The van der Waals surface area contributed by atoms with Crippen molar-refractivity contribution < 1.29 is 0 Å². The Labute approximate surface area is 102 Å². The van der Waals surface area contributed by atoms with Gasteiger partial charge in [0.2, 0.25) is 0 Å². The zero-order chi connectivity index (χ0) is 12.1. The molecule has 0 bridgehead atoms. The number of rotatable bonds is 4. The lowest BCUT2D eigenvalue weighted by molar-refractivity contribution is 0.848. The number of aromatic nitrogens is 2. The minimum atomic E-state index is 0.875. The molecule has 0 aliphatic carbocycles. The standard InChI is InChI=1S/C14H17N3/c1-11-10-14(15-2)17-13(16-11)9-8-12-6-4-3-5-7-12/h3-7,10H,8-9H2,1-2H3,(H,15,16,17). The van der Waals surface area contributed by atoms with Gasteiger partial charge < -0.3 is 5.32 Å². The zero-order valence-corrected chi connectivity index (χ0v) is 10.3. The fourth-order valence-electron chi connectivity index (χ4n) is 1.77. The summed E-state index contributed by atoms with van der Waals surface area (Å²) in [5.74, 6) is 1.79. The van der Waals surface area contributed by atoms with E-state index in [1.165, 1.54) is 5.56 Å². The Morgan fingerprint density at radius 1 is 1.06 bits per heavy atom. The fraction of sp³-hybridized carbons (Fsp3) is 0.286. The molecule has 1 N–H and O–H groups in total. The predicted octanol–water partition coefficient (Wildman–Crippen LogP) is 2.61. The largest absolute Gasteiger partial charge is 0.373 e. The van der Waals surface area contributed by atoms with Crippen LogP contribution >= 0.6 is 0 Å². The van der Waals surface area contributed by atoms with Gasteiger partial charge in [-0.05, 0) is 18.9 Å². The molecule has 0 radical (unpaired) electrons. The molecule has 3 heteroatoms. The van der Waals surface area contributed by atoms with Gasteiger partial charge in [0.15, 0.2) is 0 Å². The number of nitrogens with one attached hydrogen (secondary N) is 1. The highest BCUT2D eigenvalue weighted by Crippen LogP contribution is 2.08. The lowest BCUT2D eigenvalue weighted by Crippen LogP contribution is -2.03. The van der Waals surface area contributed by atoms with E-state index in [2.05, 4.69) is 39.6 Å². The molecular formula is C14H17N3. The Morgan fingerprint density at radius 3 is 2.53 bits per heavy atom. The molecule has 0 aliphatic heterocycles. The molecule has 1 aromatic heterocycles. The highest BCUT2D eigenvalue weighted by molar-refractivity contribution is 5.34. The summed E-state index contributed by atoms with van der Waals surface area (Å²) in [6, 6.07) is 12.4. The number of anilines is 1. The van der Waals surface area contributed by atoms with E-state index < -0.39 is 0 Å². The summed E-state index contributed by atoms with van der Waals surface area (Å²) < 4.78 is 0. The van der Waals surface area contributed by atoms with Crippen LogP contribution in [0.3, 0.4) is 0 Å². The SMILES string of the molecule is CNc1cc(C)nc(CCc2ccccc2)n1. The van der Waals surface area contributed by atoms with E-state index >= 15 is 0 Å². The van der Waals surface area contributed by atoms with E-state index in [-0.39, 0.29) is 0 Å². The topological polar surface area (TPSA) is 37.8 Å². The van der Waals surface area contributed by atoms with Gasteiger partial charge in [0.25, 0.3) is 0 Å². The summed E-state index contributed by atoms with van der Waals surface area (Å²) in [6.07, 6.45) is 1.85. The van der Waals surface area contributed by atoms with Crippen LogP contribution in [0.25, 0.3) is 0 Å². The second-order valence-corrected chi connectivity index (χ2v) is 4.05. The molecule has 1 heterocycles. The molecule has 0 unspecified atom stereocenters. The van der Waals surface area contributed by atoms with E-state index in [1.54, 1.807) is 0 Å². The molecule has 0 atom stereocenters. The van der Waals surface area contributed by atoms with Crippen LogP contribution in [-0.4, -0.2) is 17.0 Å². The molecule has 1 aromatic carbocycles. The van der Waals surface area contributed by atoms with Gasteiger partial charge in [0, 0.05) is 25.2 Å². The third kappa shape index (κ3) is 3.28.